The van der Waals surface area contributed by atoms with Crippen molar-refractivity contribution in [2.45, 2.75) is 207 Å². The van der Waals surface area contributed by atoms with Crippen LogP contribution in [0, 0.1) is 59.2 Å². The summed E-state index contributed by atoms with van der Waals surface area (Å²) in [7, 11) is -5.05. The molecule has 27 nitrogen and oxygen atoms in total. The molecule has 8 bridgehead atoms. The van der Waals surface area contributed by atoms with Crippen LogP contribution in [0.15, 0.2) is 52.8 Å². The number of carbonyl (C=O) groups excluding carboxylic acids is 7. The Balaban J connectivity index is 1.18. The van der Waals surface area contributed by atoms with E-state index in [9.17, 15) is 53.2 Å². The summed E-state index contributed by atoms with van der Waals surface area (Å²) in [6, 6.07) is 1.17. The third kappa shape index (κ3) is 13.2. The van der Waals surface area contributed by atoms with Crippen LogP contribution in [0.1, 0.15) is 150 Å². The summed E-state index contributed by atoms with van der Waals surface area (Å²) in [5, 5.41) is 40.2. The Bertz CT molecular complexity index is 3330. The van der Waals surface area contributed by atoms with Crippen LogP contribution >= 0.6 is 7.82 Å². The van der Waals surface area contributed by atoms with Crippen molar-refractivity contribution in [3.8, 4) is 0 Å². The highest BCUT2D eigenvalue weighted by Crippen LogP contribution is 2.62. The second-order valence-corrected chi connectivity index (χ2v) is 29.2. The van der Waals surface area contributed by atoms with Crippen molar-refractivity contribution in [1.82, 2.24) is 36.1 Å². The van der Waals surface area contributed by atoms with Gasteiger partial charge in [-0.25, -0.2) is 9.55 Å². The molecule has 1 aromatic carbocycles. The van der Waals surface area contributed by atoms with Gasteiger partial charge in [-0.3, -0.25) is 42.6 Å². The van der Waals surface area contributed by atoms with Gasteiger partial charge >= 0.3 is 7.82 Å². The number of amides is 7. The Morgan fingerprint density at radius 3 is 1.91 bits per heavy atom. The molecule has 90 heavy (non-hydrogen) atoms. The maximum Gasteiger partial charge on any atom is 0.472 e. The number of aliphatic hydroxyl groups is 2. The first kappa shape index (κ1) is 69.4. The lowest BCUT2D eigenvalue weighted by atomic mass is 9.56. The minimum absolute atomic E-state index is 0.0183. The summed E-state index contributed by atoms with van der Waals surface area (Å²) >= 11 is 0. The number of rotatable bonds is 26. The number of hydrogen-bond donors (Lipinski definition) is 14. The lowest BCUT2D eigenvalue weighted by Crippen LogP contribution is -2.64. The van der Waals surface area contributed by atoms with Crippen LogP contribution in [0.5, 0.6) is 0 Å². The molecule has 0 spiro atoms. The fraction of sp³-hybridized carbons (Fsp3) is 0.677. The van der Waals surface area contributed by atoms with Crippen molar-refractivity contribution in [2.24, 2.45) is 79.7 Å². The molecule has 6 aliphatic rings. The molecule has 1 aromatic heterocycles. The van der Waals surface area contributed by atoms with Gasteiger partial charge in [0.1, 0.15) is 18.3 Å². The van der Waals surface area contributed by atoms with Gasteiger partial charge in [-0.2, -0.15) is 0 Å². The van der Waals surface area contributed by atoms with E-state index in [1.54, 1.807) is 4.57 Å². The molecule has 5 fully saturated rings. The number of allylic oxidation sites excluding steroid dienone is 3. The van der Waals surface area contributed by atoms with E-state index >= 15 is 0 Å². The predicted molar refractivity (Wildman–Crippen MR) is 332 cm³/mol. The molecule has 0 radical (unpaired) electrons. The summed E-state index contributed by atoms with van der Waals surface area (Å²) in [5.41, 5.74) is 37.8. The normalized spacial score (nSPS) is 36.1. The molecule has 7 amide bonds. The van der Waals surface area contributed by atoms with Crippen LogP contribution < -0.4 is 61.0 Å². The number of fused-ring (bicyclic) bond motifs is 10. The number of carbonyl (C=O) groups is 7. The number of benzene rings is 1. The van der Waals surface area contributed by atoms with Crippen LogP contribution in [0.3, 0.4) is 0 Å². The first-order valence-electron chi connectivity index (χ1n) is 31.1. The monoisotopic (exact) mass is 1280 g/mol. The zero-order valence-corrected chi connectivity index (χ0v) is 54.5. The standard InChI is InChI=1S/C62H96N13O14P/c1-29-20-39-40(21-30(29)2)75(28-70-39)57-52(84)53(41(27-76)87-57)89-90(85,86)88-31(3)26-69-49(83)18-19-59(8)37(22-46(66)80)56-62(11)61(10,25-48(68)82)36(14-17-45(65)79)51(74-62)33(5)55-60(9,24-47(67)81)34(12-15-43(63)77)38(71-55)23-42-58(6,7)35(13-16-44(64)78)50(72-42)32(4)54(59)73-56/h20-21,23,28,31,34-38,41,50-53,56-57,71-74,76,84H,12-19,22,24-27H2,1-11H3,(H2,63,77)(H2,64,78)(H2,65,79)(H2,66,80)(H2,67,81)(H2,68,82)(H,69,83)(H,85,86)/b42-23?,54-32-,55-33-/t31-,34-,35-,36-,37+,38?,41-,50?,51?,52-,53-,56-,57+,59-,60+,61+,62+/m1/s1. The van der Waals surface area contributed by atoms with Gasteiger partial charge in [0.05, 0.1) is 36.1 Å². The van der Waals surface area contributed by atoms with E-state index in [1.807, 2.05) is 67.5 Å². The SMILES string of the molecule is C/C1=C2/N[C@H]([C@H](CC(N)=O)[C@@]2(C)CCC(=O)NC[C@@H](C)OP(=O)(O)O[C@H]2[C@@H](O)[C@@H](n3cnc4cc(C)c(C)cc43)O[C@@H]2CO)[C@]2(C)NC(/C(C)=C3\NC(C=C4NC1[C@@H](CCC(N)=O)C4(C)C)[C@@H](CCC(N)=O)[C@]3(C)CC(N)=O)[C@@H](CCC(N)=O)[C@]2(C)CC(N)=O. The highest BCUT2D eigenvalue weighted by Gasteiger charge is 2.68. The summed E-state index contributed by atoms with van der Waals surface area (Å²) in [6.07, 6.45) is -3.15. The van der Waals surface area contributed by atoms with Crippen molar-refractivity contribution in [3.63, 3.8) is 0 Å². The molecule has 8 rings (SSSR count). The van der Waals surface area contributed by atoms with Crippen LogP contribution in [0.4, 0.5) is 0 Å². The zero-order chi connectivity index (χ0) is 66.7. The largest absolute Gasteiger partial charge is 0.472 e. The summed E-state index contributed by atoms with van der Waals surface area (Å²) in [4.78, 5) is 109. The Labute approximate surface area is 525 Å². The van der Waals surface area contributed by atoms with Gasteiger partial charge in [-0.1, -0.05) is 34.6 Å². The maximum absolute atomic E-state index is 14.4. The Morgan fingerprint density at radius 1 is 0.744 bits per heavy atom. The quantitative estimate of drug-likeness (QED) is 0.0596. The van der Waals surface area contributed by atoms with E-state index < -0.39 is 156 Å². The second kappa shape index (κ2) is 25.9. The summed E-state index contributed by atoms with van der Waals surface area (Å²) in [6.45, 7) is 20.1. The molecule has 4 unspecified atom stereocenters. The molecule has 28 heteroatoms. The second-order valence-electron chi connectivity index (χ2n) is 27.9. The van der Waals surface area contributed by atoms with E-state index in [2.05, 4.69) is 51.5 Å². The van der Waals surface area contributed by atoms with Gasteiger partial charge in [-0.15, -0.1) is 0 Å². The number of nitrogens with one attached hydrogen (secondary N) is 5. The average molecular weight is 1280 g/mol. The minimum atomic E-state index is -5.05. The van der Waals surface area contributed by atoms with E-state index in [-0.39, 0.29) is 76.7 Å². The zero-order valence-electron chi connectivity index (χ0n) is 53.6. The first-order chi connectivity index (χ1) is 41.8. The first-order valence-corrected chi connectivity index (χ1v) is 32.6. The van der Waals surface area contributed by atoms with Gasteiger partial charge in [0.25, 0.3) is 0 Å². The topological polar surface area (TPSA) is 459 Å². The highest BCUT2D eigenvalue weighted by atomic mass is 31.2. The number of imidazole rings is 1. The average Bonchev–Trinajstić information content (AvgIpc) is 1.53. The Hall–Kier alpha value is -6.45. The lowest BCUT2D eigenvalue weighted by Gasteiger charge is -2.49. The minimum Gasteiger partial charge on any atom is -0.394 e. The number of phosphoric ester groups is 1. The number of hydrogen-bond acceptors (Lipinski definition) is 18. The van der Waals surface area contributed by atoms with Crippen LogP contribution in [-0.2, 0) is 51.9 Å². The summed E-state index contributed by atoms with van der Waals surface area (Å²) < 4.78 is 32.3. The van der Waals surface area contributed by atoms with Gasteiger partial charge in [0, 0.05) is 120 Å². The molecule has 18 atom stereocenters. The van der Waals surface area contributed by atoms with Crippen molar-refractivity contribution >= 4 is 60.2 Å². The number of aryl methyl sites for hydroxylation is 2. The van der Waals surface area contributed by atoms with Crippen molar-refractivity contribution in [2.75, 3.05) is 13.2 Å². The van der Waals surface area contributed by atoms with E-state index in [0.29, 0.717) is 28.8 Å². The molecular weight excluding hydrogens is 1180 g/mol. The van der Waals surface area contributed by atoms with E-state index in [4.69, 9.17) is 48.2 Å². The molecule has 7 heterocycles. The van der Waals surface area contributed by atoms with Gasteiger partial charge < -0.3 is 85.4 Å². The number of ether oxygens (including phenoxy) is 1. The van der Waals surface area contributed by atoms with Crippen LogP contribution in [-0.4, -0.2) is 133 Å². The van der Waals surface area contributed by atoms with Crippen molar-refractivity contribution in [1.29, 1.82) is 0 Å². The van der Waals surface area contributed by atoms with Crippen LogP contribution in [0.2, 0.25) is 0 Å². The third-order valence-electron chi connectivity index (χ3n) is 21.7. The molecule has 2 aromatic rings. The molecule has 20 N–H and O–H groups in total. The molecular formula is C62H96N13O14P. The van der Waals surface area contributed by atoms with Crippen molar-refractivity contribution in [3.05, 3.63) is 63.9 Å². The molecule has 0 saturated carbocycles. The van der Waals surface area contributed by atoms with Crippen LogP contribution in [0.25, 0.3) is 11.0 Å². The number of aliphatic hydroxyl groups excluding tert-OH is 2. The fourth-order valence-corrected chi connectivity index (χ4v) is 17.8. The van der Waals surface area contributed by atoms with Gasteiger partial charge in [-0.05, 0) is 125 Å². The maximum atomic E-state index is 14.4. The molecule has 6 aliphatic heterocycles. The molecule has 0 aliphatic carbocycles. The highest BCUT2D eigenvalue weighted by molar-refractivity contribution is 7.47. The van der Waals surface area contributed by atoms with E-state index in [1.165, 1.54) is 13.3 Å². The molecule has 498 valence electrons. The smallest absolute Gasteiger partial charge is 0.394 e. The fourth-order valence-electron chi connectivity index (χ4n) is 16.7. The number of primary amides is 6. The van der Waals surface area contributed by atoms with Gasteiger partial charge in [0.2, 0.25) is 41.4 Å². The number of aromatic nitrogens is 2. The van der Waals surface area contributed by atoms with E-state index in [0.717, 1.165) is 28.0 Å². The number of phosphoric acid groups is 1. The Kier molecular flexibility index (Phi) is 20.0. The number of nitrogens with two attached hydrogens (primary N) is 6. The molecule has 5 saturated heterocycles. The third-order valence-corrected chi connectivity index (χ3v) is 22.8. The Morgan fingerprint density at radius 2 is 1.32 bits per heavy atom. The predicted octanol–water partition coefficient (Wildman–Crippen LogP) is 1.71. The van der Waals surface area contributed by atoms with Crippen molar-refractivity contribution < 1.29 is 67.0 Å². The van der Waals surface area contributed by atoms with Gasteiger partial charge in [0.15, 0.2) is 6.23 Å². The lowest BCUT2D eigenvalue weighted by molar-refractivity contribution is -0.124. The number of nitrogens with zero attached hydrogens (tertiary/aromatic N) is 2. The summed E-state index contributed by atoms with van der Waals surface area (Å²) in [5.74, 6) is -6.20.